The number of hydrogen-bond acceptors (Lipinski definition) is 3. The summed E-state index contributed by atoms with van der Waals surface area (Å²) in [4.78, 5) is 21.9. The lowest BCUT2D eigenvalue weighted by molar-refractivity contribution is -0.127. The Morgan fingerprint density at radius 3 is 2.65 bits per heavy atom. The van der Waals surface area contributed by atoms with Crippen LogP contribution in [0.4, 0.5) is 0 Å². The third kappa shape index (κ3) is 7.53. The van der Waals surface area contributed by atoms with Crippen LogP contribution < -0.4 is 10.6 Å². The zero-order valence-electron chi connectivity index (χ0n) is 19.6. The van der Waals surface area contributed by atoms with Crippen LogP contribution in [0.15, 0.2) is 35.3 Å². The van der Waals surface area contributed by atoms with E-state index in [1.807, 2.05) is 11.0 Å². The van der Waals surface area contributed by atoms with E-state index in [1.165, 1.54) is 31.5 Å². The van der Waals surface area contributed by atoms with Gasteiger partial charge in [-0.3, -0.25) is 14.7 Å². The molecule has 6 nitrogen and oxygen atoms in total. The molecule has 2 fully saturated rings. The summed E-state index contributed by atoms with van der Waals surface area (Å²) in [7, 11) is 0. The summed E-state index contributed by atoms with van der Waals surface area (Å²) in [6, 6.07) is 10.9. The summed E-state index contributed by atoms with van der Waals surface area (Å²) in [6.45, 7) is 13.2. The van der Waals surface area contributed by atoms with E-state index in [4.69, 9.17) is 4.99 Å². The van der Waals surface area contributed by atoms with Gasteiger partial charge in [-0.2, -0.15) is 0 Å². The minimum Gasteiger partial charge on any atom is -0.357 e. The van der Waals surface area contributed by atoms with E-state index in [9.17, 15) is 4.79 Å². The first-order chi connectivity index (χ1) is 15.0. The highest BCUT2D eigenvalue weighted by atomic mass is 16.2. The van der Waals surface area contributed by atoms with Gasteiger partial charge in [-0.05, 0) is 57.7 Å². The Morgan fingerprint density at radius 2 is 1.94 bits per heavy atom. The first-order valence-electron chi connectivity index (χ1n) is 12.1. The van der Waals surface area contributed by atoms with Gasteiger partial charge in [0.25, 0.3) is 0 Å². The van der Waals surface area contributed by atoms with Gasteiger partial charge < -0.3 is 15.5 Å². The van der Waals surface area contributed by atoms with Gasteiger partial charge in [0.15, 0.2) is 5.96 Å². The minimum atomic E-state index is 0.276. The van der Waals surface area contributed by atoms with Crippen LogP contribution in [0, 0.1) is 11.8 Å². The van der Waals surface area contributed by atoms with Gasteiger partial charge in [0, 0.05) is 44.6 Å². The Kier molecular flexibility index (Phi) is 9.19. The molecule has 2 N–H and O–H groups in total. The van der Waals surface area contributed by atoms with E-state index in [0.29, 0.717) is 18.4 Å². The van der Waals surface area contributed by atoms with E-state index < -0.39 is 0 Å². The fraction of sp³-hybridized carbons (Fsp3) is 0.680. The molecule has 2 unspecified atom stereocenters. The molecule has 1 amide bonds. The Balaban J connectivity index is 1.42. The number of nitrogens with one attached hydrogen (secondary N) is 2. The maximum Gasteiger partial charge on any atom is 0.223 e. The van der Waals surface area contributed by atoms with Crippen molar-refractivity contribution in [2.45, 2.75) is 52.5 Å². The second-order valence-electron chi connectivity index (χ2n) is 9.31. The van der Waals surface area contributed by atoms with E-state index in [1.54, 1.807) is 0 Å². The summed E-state index contributed by atoms with van der Waals surface area (Å²) in [6.07, 6.45) is 4.14. The van der Waals surface area contributed by atoms with Crippen LogP contribution in [0.2, 0.25) is 0 Å². The smallest absolute Gasteiger partial charge is 0.223 e. The molecule has 1 aromatic carbocycles. The van der Waals surface area contributed by atoms with Crippen LogP contribution in [0.5, 0.6) is 0 Å². The number of guanidine groups is 1. The Bertz CT molecular complexity index is 699. The Hall–Kier alpha value is -2.08. The number of aliphatic imine (C=N–C) groups is 1. The summed E-state index contributed by atoms with van der Waals surface area (Å²) >= 11 is 0. The fourth-order valence-corrected chi connectivity index (χ4v) is 4.51. The average molecular weight is 428 g/mol. The number of carbonyl (C=O) groups is 1. The van der Waals surface area contributed by atoms with Gasteiger partial charge in [0.2, 0.25) is 5.91 Å². The molecule has 0 saturated carbocycles. The molecule has 3 rings (SSSR count). The van der Waals surface area contributed by atoms with E-state index in [2.05, 4.69) is 60.6 Å². The highest BCUT2D eigenvalue weighted by Gasteiger charge is 2.29. The highest BCUT2D eigenvalue weighted by Crippen LogP contribution is 2.19. The number of rotatable bonds is 9. The second-order valence-corrected chi connectivity index (χ2v) is 9.31. The summed E-state index contributed by atoms with van der Waals surface area (Å²) < 4.78 is 0. The zero-order valence-corrected chi connectivity index (χ0v) is 19.6. The van der Waals surface area contributed by atoms with Crippen molar-refractivity contribution in [3.63, 3.8) is 0 Å². The molecule has 0 aliphatic carbocycles. The molecular weight excluding hydrogens is 386 g/mol. The van der Waals surface area contributed by atoms with Crippen LogP contribution in [0.25, 0.3) is 0 Å². The molecule has 2 heterocycles. The van der Waals surface area contributed by atoms with Gasteiger partial charge in [0.1, 0.15) is 0 Å². The van der Waals surface area contributed by atoms with E-state index >= 15 is 0 Å². The molecule has 0 aromatic heterocycles. The number of amides is 1. The standard InChI is InChI=1S/C25H41N5O/c1-4-26-25(27-17-21(3)29-13-10-20(2)11-14-29)28-18-23-16-24(31)30(19-23)15-12-22-8-6-5-7-9-22/h5-9,20-21,23H,4,10-19H2,1-3H3,(H2,26,27,28). The third-order valence-corrected chi connectivity index (χ3v) is 6.67. The predicted octanol–water partition coefficient (Wildman–Crippen LogP) is 2.75. The van der Waals surface area contributed by atoms with Crippen molar-refractivity contribution in [2.75, 3.05) is 45.8 Å². The van der Waals surface area contributed by atoms with Gasteiger partial charge >= 0.3 is 0 Å². The SMILES string of the molecule is CCNC(=NCC(C)N1CCC(C)CC1)NCC1CC(=O)N(CCc2ccccc2)C1. The third-order valence-electron chi connectivity index (χ3n) is 6.67. The lowest BCUT2D eigenvalue weighted by atomic mass is 9.98. The average Bonchev–Trinajstić information content (AvgIpc) is 3.14. The monoisotopic (exact) mass is 427 g/mol. The molecule has 2 atom stereocenters. The summed E-state index contributed by atoms with van der Waals surface area (Å²) in [5, 5.41) is 6.85. The van der Waals surface area contributed by atoms with Crippen molar-refractivity contribution in [1.29, 1.82) is 0 Å². The molecule has 6 heteroatoms. The van der Waals surface area contributed by atoms with Crippen molar-refractivity contribution < 1.29 is 4.79 Å². The molecule has 0 spiro atoms. The van der Waals surface area contributed by atoms with Crippen LogP contribution in [0.3, 0.4) is 0 Å². The maximum absolute atomic E-state index is 12.4. The number of piperidine rings is 1. The predicted molar refractivity (Wildman–Crippen MR) is 128 cm³/mol. The van der Waals surface area contributed by atoms with Gasteiger partial charge in [0.05, 0.1) is 6.54 Å². The molecular formula is C25H41N5O. The molecule has 31 heavy (non-hydrogen) atoms. The maximum atomic E-state index is 12.4. The fourth-order valence-electron chi connectivity index (χ4n) is 4.51. The number of carbonyl (C=O) groups excluding carboxylic acids is 1. The Morgan fingerprint density at radius 1 is 1.19 bits per heavy atom. The van der Waals surface area contributed by atoms with Crippen LogP contribution in [-0.2, 0) is 11.2 Å². The number of likely N-dealkylation sites (tertiary alicyclic amines) is 2. The quantitative estimate of drug-likeness (QED) is 0.470. The van der Waals surface area contributed by atoms with Crippen LogP contribution >= 0.6 is 0 Å². The summed E-state index contributed by atoms with van der Waals surface area (Å²) in [5.74, 6) is 2.34. The largest absolute Gasteiger partial charge is 0.357 e. The molecule has 0 radical (unpaired) electrons. The Labute approximate surface area is 188 Å². The molecule has 0 bridgehead atoms. The van der Waals surface area contributed by atoms with Crippen LogP contribution in [0.1, 0.15) is 45.6 Å². The number of nitrogens with zero attached hydrogens (tertiary/aromatic N) is 3. The topological polar surface area (TPSA) is 60.0 Å². The first kappa shape index (κ1) is 23.6. The van der Waals surface area contributed by atoms with Crippen molar-refractivity contribution in [2.24, 2.45) is 16.8 Å². The van der Waals surface area contributed by atoms with Gasteiger partial charge in [-0.1, -0.05) is 37.3 Å². The molecule has 1 aromatic rings. The van der Waals surface area contributed by atoms with Crippen molar-refractivity contribution in [3.05, 3.63) is 35.9 Å². The first-order valence-corrected chi connectivity index (χ1v) is 12.1. The molecule has 2 aliphatic heterocycles. The number of benzene rings is 1. The molecule has 2 saturated heterocycles. The van der Waals surface area contributed by atoms with E-state index in [-0.39, 0.29) is 5.91 Å². The van der Waals surface area contributed by atoms with Crippen molar-refractivity contribution in [3.8, 4) is 0 Å². The normalized spacial score (nSPS) is 22.0. The van der Waals surface area contributed by atoms with Crippen molar-refractivity contribution in [1.82, 2.24) is 20.4 Å². The van der Waals surface area contributed by atoms with Crippen LogP contribution in [-0.4, -0.2) is 73.5 Å². The summed E-state index contributed by atoms with van der Waals surface area (Å²) in [5.41, 5.74) is 1.29. The van der Waals surface area contributed by atoms with E-state index in [0.717, 1.165) is 51.0 Å². The van der Waals surface area contributed by atoms with Gasteiger partial charge in [-0.15, -0.1) is 0 Å². The second kappa shape index (κ2) is 12.1. The lowest BCUT2D eigenvalue weighted by Gasteiger charge is -2.34. The molecule has 172 valence electrons. The van der Waals surface area contributed by atoms with Gasteiger partial charge in [-0.25, -0.2) is 0 Å². The lowest BCUT2D eigenvalue weighted by Crippen LogP contribution is -2.43. The number of hydrogen-bond donors (Lipinski definition) is 2. The minimum absolute atomic E-state index is 0.276. The zero-order chi connectivity index (χ0) is 22.1. The van der Waals surface area contributed by atoms with Crippen molar-refractivity contribution >= 4 is 11.9 Å². The molecule has 2 aliphatic rings. The highest BCUT2D eigenvalue weighted by molar-refractivity contribution is 5.81.